The fourth-order valence-electron chi connectivity index (χ4n) is 4.09. The zero-order chi connectivity index (χ0) is 29.2. The van der Waals surface area contributed by atoms with E-state index in [1.165, 1.54) is 17.8 Å². The van der Waals surface area contributed by atoms with Gasteiger partial charge in [0, 0.05) is 18.8 Å². The van der Waals surface area contributed by atoms with Crippen molar-refractivity contribution in [1.82, 2.24) is 19.5 Å². The van der Waals surface area contributed by atoms with Crippen LogP contribution in [-0.4, -0.2) is 106 Å². The summed E-state index contributed by atoms with van der Waals surface area (Å²) < 4.78 is 29.2. The van der Waals surface area contributed by atoms with E-state index in [1.807, 2.05) is 0 Å². The fraction of sp³-hybridized carbons (Fsp3) is 0.667. The summed E-state index contributed by atoms with van der Waals surface area (Å²) in [7, 11) is 0. The Morgan fingerprint density at radius 1 is 1.15 bits per heavy atom. The van der Waals surface area contributed by atoms with Crippen molar-refractivity contribution in [3.63, 3.8) is 0 Å². The van der Waals surface area contributed by atoms with Crippen LogP contribution in [0.4, 0.5) is 5.95 Å². The molecule has 3 rings (SSSR count). The molecule has 1 aliphatic rings. The first kappa shape index (κ1) is 31.1. The smallest absolute Gasteiger partial charge is 0.303 e. The fourth-order valence-corrected chi connectivity index (χ4v) is 4.09. The van der Waals surface area contributed by atoms with Gasteiger partial charge in [-0.05, 0) is 0 Å². The number of aliphatic carboxylic acids is 1. The van der Waals surface area contributed by atoms with E-state index in [4.69, 9.17) is 28.8 Å². The molecule has 3 heterocycles. The monoisotopic (exact) mass is 569 g/mol. The van der Waals surface area contributed by atoms with E-state index in [9.17, 15) is 24.3 Å². The maximum atomic E-state index is 12.6. The van der Waals surface area contributed by atoms with Crippen LogP contribution in [0.2, 0.25) is 0 Å². The molecular formula is C24H35N5O11. The maximum Gasteiger partial charge on any atom is 0.303 e. The van der Waals surface area contributed by atoms with E-state index in [0.29, 0.717) is 13.2 Å². The first-order valence-corrected chi connectivity index (χ1v) is 12.8. The minimum absolute atomic E-state index is 0.0348. The van der Waals surface area contributed by atoms with Crippen LogP contribution in [0, 0.1) is 11.8 Å². The number of imidazole rings is 1. The molecule has 16 nitrogen and oxygen atoms in total. The molecule has 1 amide bonds. The second-order valence-corrected chi connectivity index (χ2v) is 9.31. The zero-order valence-corrected chi connectivity index (χ0v) is 22.5. The van der Waals surface area contributed by atoms with E-state index >= 15 is 0 Å². The van der Waals surface area contributed by atoms with Crippen molar-refractivity contribution < 1.29 is 48.3 Å². The van der Waals surface area contributed by atoms with Gasteiger partial charge in [-0.3, -0.25) is 34.0 Å². The average Bonchev–Trinajstić information content (AvgIpc) is 3.44. The number of hydrogen-bond acceptors (Lipinski definition) is 12. The van der Waals surface area contributed by atoms with Crippen molar-refractivity contribution in [2.24, 2.45) is 11.8 Å². The van der Waals surface area contributed by atoms with Crippen LogP contribution in [0.3, 0.4) is 0 Å². The van der Waals surface area contributed by atoms with Crippen molar-refractivity contribution in [2.45, 2.75) is 45.6 Å². The van der Waals surface area contributed by atoms with Crippen LogP contribution in [0.25, 0.3) is 11.2 Å². The number of hydrogen-bond donors (Lipinski definition) is 4. The molecule has 1 saturated heterocycles. The minimum atomic E-state index is -1.13. The van der Waals surface area contributed by atoms with E-state index in [2.05, 4.69) is 20.3 Å². The Morgan fingerprint density at radius 3 is 2.45 bits per heavy atom. The predicted molar refractivity (Wildman–Crippen MR) is 136 cm³/mol. The number of aromatic nitrogens is 4. The SMILES string of the molecule is CC(=O)O[C@@H]1[C@H](CC(=O)O)[C@H](COCCOCCOCCO)O[C@H]1n1cnc2c(=O)[nH]c(NC(=O)C(C)C)nc21. The number of carboxylic acid groups (broad SMARTS) is 1. The molecule has 0 spiro atoms. The van der Waals surface area contributed by atoms with Crippen molar-refractivity contribution >= 4 is 35.0 Å². The minimum Gasteiger partial charge on any atom is -0.481 e. The Bertz CT molecular complexity index is 1210. The third-order valence-electron chi connectivity index (χ3n) is 5.94. The number of carbonyl (C=O) groups excluding carboxylic acids is 2. The molecule has 16 heteroatoms. The Hall–Kier alpha value is -3.44. The summed E-state index contributed by atoms with van der Waals surface area (Å²) in [6, 6.07) is 0. The molecule has 1 fully saturated rings. The van der Waals surface area contributed by atoms with E-state index < -0.39 is 48.3 Å². The summed E-state index contributed by atoms with van der Waals surface area (Å²) in [6.45, 7) is 5.69. The number of anilines is 1. The van der Waals surface area contributed by atoms with E-state index in [1.54, 1.807) is 13.8 Å². The van der Waals surface area contributed by atoms with Crippen molar-refractivity contribution in [3.8, 4) is 0 Å². The second kappa shape index (κ2) is 14.8. The number of rotatable bonds is 16. The standard InChI is InChI=1S/C24H35N5O11/c1-13(2)21(34)27-24-26-20-18(22(35)28-24)25-12-29(20)23-19(39-14(3)31)15(10-17(32)33)16(40-23)11-38-9-8-37-7-6-36-5-4-30/h12-13,15-16,19,23,30H,4-11H2,1-3H3,(H,32,33)(H2,26,27,28,34,35)/t15-,16+,19-,23-/m1/s1. The number of aliphatic hydroxyl groups excluding tert-OH is 1. The summed E-state index contributed by atoms with van der Waals surface area (Å²) >= 11 is 0. The Labute approximate surface area is 228 Å². The number of carboxylic acids is 1. The molecule has 0 radical (unpaired) electrons. The highest BCUT2D eigenvalue weighted by atomic mass is 16.6. The van der Waals surface area contributed by atoms with Crippen LogP contribution >= 0.6 is 0 Å². The summed E-state index contributed by atoms with van der Waals surface area (Å²) in [5.74, 6) is -3.45. The lowest BCUT2D eigenvalue weighted by Gasteiger charge is -2.23. The summed E-state index contributed by atoms with van der Waals surface area (Å²) in [5.41, 5.74) is -0.631. The first-order valence-electron chi connectivity index (χ1n) is 12.8. The van der Waals surface area contributed by atoms with Crippen LogP contribution in [0.1, 0.15) is 33.4 Å². The van der Waals surface area contributed by atoms with Crippen LogP contribution in [0.15, 0.2) is 11.1 Å². The van der Waals surface area contributed by atoms with Gasteiger partial charge in [-0.1, -0.05) is 13.8 Å². The van der Waals surface area contributed by atoms with Gasteiger partial charge in [0.25, 0.3) is 5.56 Å². The number of nitrogens with zero attached hydrogens (tertiary/aromatic N) is 3. The normalized spacial score (nSPS) is 20.7. The van der Waals surface area contributed by atoms with Crippen molar-refractivity contribution in [1.29, 1.82) is 0 Å². The molecule has 0 saturated carbocycles. The summed E-state index contributed by atoms with van der Waals surface area (Å²) in [4.78, 5) is 59.4. The summed E-state index contributed by atoms with van der Waals surface area (Å²) in [6.07, 6.45) is -2.09. The molecule has 222 valence electrons. The van der Waals surface area contributed by atoms with E-state index in [0.717, 1.165) is 0 Å². The molecule has 1 aliphatic heterocycles. The van der Waals surface area contributed by atoms with Gasteiger partial charge in [-0.15, -0.1) is 0 Å². The third kappa shape index (κ3) is 8.28. The number of amides is 1. The zero-order valence-electron chi connectivity index (χ0n) is 22.5. The lowest BCUT2D eigenvalue weighted by Crippen LogP contribution is -2.34. The number of fused-ring (bicyclic) bond motifs is 1. The molecule has 0 aliphatic carbocycles. The molecular weight excluding hydrogens is 534 g/mol. The Balaban J connectivity index is 1.80. The quantitative estimate of drug-likeness (QED) is 0.151. The lowest BCUT2D eigenvalue weighted by atomic mass is 9.94. The number of ether oxygens (including phenoxy) is 5. The predicted octanol–water partition coefficient (Wildman–Crippen LogP) is -0.324. The first-order chi connectivity index (χ1) is 19.1. The van der Waals surface area contributed by atoms with Gasteiger partial charge in [0.05, 0.1) is 65.1 Å². The molecule has 0 unspecified atom stereocenters. The topological polar surface area (TPSA) is 213 Å². The summed E-state index contributed by atoms with van der Waals surface area (Å²) in [5, 5.41) is 20.8. The Kier molecular flexibility index (Phi) is 11.5. The van der Waals surface area contributed by atoms with Crippen LogP contribution in [-0.2, 0) is 38.1 Å². The largest absolute Gasteiger partial charge is 0.481 e. The highest BCUT2D eigenvalue weighted by Gasteiger charge is 2.49. The van der Waals surface area contributed by atoms with Crippen LogP contribution < -0.4 is 10.9 Å². The van der Waals surface area contributed by atoms with Gasteiger partial charge in [-0.2, -0.15) is 4.98 Å². The molecule has 4 N–H and O–H groups in total. The lowest BCUT2D eigenvalue weighted by molar-refractivity contribution is -0.155. The van der Waals surface area contributed by atoms with Gasteiger partial charge in [-0.25, -0.2) is 4.98 Å². The Morgan fingerprint density at radius 2 is 1.82 bits per heavy atom. The highest BCUT2D eigenvalue weighted by Crippen LogP contribution is 2.39. The number of nitrogens with one attached hydrogen (secondary N) is 2. The van der Waals surface area contributed by atoms with Crippen molar-refractivity contribution in [2.75, 3.05) is 51.6 Å². The molecule has 40 heavy (non-hydrogen) atoms. The number of H-pyrrole nitrogens is 1. The molecule has 0 bridgehead atoms. The van der Waals surface area contributed by atoms with Gasteiger partial charge >= 0.3 is 11.9 Å². The molecule has 4 atom stereocenters. The van der Waals surface area contributed by atoms with Crippen molar-refractivity contribution in [3.05, 3.63) is 16.7 Å². The number of esters is 1. The number of carbonyl (C=O) groups is 3. The second-order valence-electron chi connectivity index (χ2n) is 9.31. The average molecular weight is 570 g/mol. The highest BCUT2D eigenvalue weighted by molar-refractivity contribution is 5.91. The number of aromatic amines is 1. The van der Waals surface area contributed by atoms with Gasteiger partial charge in [0.2, 0.25) is 11.9 Å². The number of aliphatic hydroxyl groups is 1. The van der Waals surface area contributed by atoms with E-state index in [-0.39, 0.29) is 62.0 Å². The molecule has 2 aromatic heterocycles. The maximum absolute atomic E-state index is 12.6. The van der Waals surface area contributed by atoms with Crippen LogP contribution in [0.5, 0.6) is 0 Å². The van der Waals surface area contributed by atoms with Gasteiger partial charge in [0.15, 0.2) is 23.5 Å². The van der Waals surface area contributed by atoms with Gasteiger partial charge < -0.3 is 33.9 Å². The molecule has 2 aromatic rings. The molecule has 0 aromatic carbocycles. The third-order valence-corrected chi connectivity index (χ3v) is 5.94. The van der Waals surface area contributed by atoms with Gasteiger partial charge in [0.1, 0.15) is 0 Å².